The summed E-state index contributed by atoms with van der Waals surface area (Å²) in [6.45, 7) is -0.113. The summed E-state index contributed by atoms with van der Waals surface area (Å²) in [5, 5.41) is 13.1. The average Bonchev–Trinajstić information content (AvgIpc) is 3.28. The second-order valence-electron chi connectivity index (χ2n) is 6.45. The van der Waals surface area contributed by atoms with Crippen molar-refractivity contribution in [3.8, 4) is 6.07 Å². The number of nitrogens with one attached hydrogen (secondary N) is 1. The molecule has 6 nitrogen and oxygen atoms in total. The van der Waals surface area contributed by atoms with Gasteiger partial charge < -0.3 is 10.2 Å². The first kappa shape index (κ1) is 15.9. The molecule has 3 atom stereocenters. The molecule has 0 bridgehead atoms. The van der Waals surface area contributed by atoms with Gasteiger partial charge in [0.2, 0.25) is 5.91 Å². The van der Waals surface area contributed by atoms with E-state index >= 15 is 0 Å². The van der Waals surface area contributed by atoms with Gasteiger partial charge in [-0.1, -0.05) is 17.7 Å². The van der Waals surface area contributed by atoms with Crippen LogP contribution in [0.25, 0.3) is 10.9 Å². The minimum absolute atomic E-state index is 0.113. The van der Waals surface area contributed by atoms with Crippen molar-refractivity contribution >= 4 is 34.3 Å². The average molecular weight is 355 g/mol. The third-order valence-electron chi connectivity index (χ3n) is 4.89. The summed E-state index contributed by atoms with van der Waals surface area (Å²) in [6.07, 6.45) is 3.25. The van der Waals surface area contributed by atoms with E-state index in [0.717, 1.165) is 12.8 Å². The molecule has 1 N–H and O–H groups in total. The number of rotatable bonds is 3. The summed E-state index contributed by atoms with van der Waals surface area (Å²) in [4.78, 5) is 30.8. The van der Waals surface area contributed by atoms with Crippen LogP contribution in [0.15, 0.2) is 30.5 Å². The Labute approximate surface area is 149 Å². The lowest BCUT2D eigenvalue weighted by atomic mass is 10.1. The van der Waals surface area contributed by atoms with Crippen LogP contribution in [-0.2, 0) is 4.79 Å². The zero-order valence-corrected chi connectivity index (χ0v) is 14.0. The van der Waals surface area contributed by atoms with Crippen LogP contribution >= 0.6 is 11.6 Å². The highest BCUT2D eigenvalue weighted by atomic mass is 35.5. The molecule has 2 amide bonds. The fraction of sp³-hybridized carbons (Fsp3) is 0.333. The number of benzene rings is 1. The molecule has 1 aliphatic carbocycles. The molecule has 7 heteroatoms. The first-order valence-corrected chi connectivity index (χ1v) is 8.49. The van der Waals surface area contributed by atoms with Crippen molar-refractivity contribution in [2.75, 3.05) is 6.54 Å². The predicted molar refractivity (Wildman–Crippen MR) is 91.8 cm³/mol. The third kappa shape index (κ3) is 2.81. The molecule has 0 spiro atoms. The summed E-state index contributed by atoms with van der Waals surface area (Å²) in [5.74, 6) is -0.0902. The van der Waals surface area contributed by atoms with Crippen LogP contribution in [0.3, 0.4) is 0 Å². The molecule has 1 saturated carbocycles. The maximum absolute atomic E-state index is 12.5. The maximum Gasteiger partial charge on any atom is 0.252 e. The largest absolute Gasteiger partial charge is 0.343 e. The number of nitriles is 1. The number of nitrogens with zero attached hydrogens (tertiary/aromatic N) is 3. The number of hydrogen-bond donors (Lipinski definition) is 1. The van der Waals surface area contributed by atoms with Gasteiger partial charge in [0, 0.05) is 22.6 Å². The zero-order valence-electron chi connectivity index (χ0n) is 13.3. The summed E-state index contributed by atoms with van der Waals surface area (Å²) in [5.41, 5.74) is 1.06. The van der Waals surface area contributed by atoms with Crippen molar-refractivity contribution in [1.29, 1.82) is 5.26 Å². The Kier molecular flexibility index (Phi) is 3.81. The lowest BCUT2D eigenvalue weighted by Gasteiger charge is -2.22. The molecule has 1 aromatic carbocycles. The van der Waals surface area contributed by atoms with Crippen molar-refractivity contribution < 1.29 is 9.59 Å². The second kappa shape index (κ2) is 6.01. The molecule has 0 unspecified atom stereocenters. The molecule has 1 aliphatic heterocycles. The standard InChI is InChI=1S/C18H15ClN4O2/c19-11-1-2-13-14(3-4-21-15(13)7-11)18(25)22-9-17(24)23-12(8-20)5-10-6-16(10)23/h1-4,7,10,12,16H,5-6,9H2,(H,22,25)/t10-,12+,16+/m1/s1. The maximum atomic E-state index is 12.5. The second-order valence-corrected chi connectivity index (χ2v) is 6.88. The number of aromatic nitrogens is 1. The Bertz CT molecular complexity index is 923. The lowest BCUT2D eigenvalue weighted by molar-refractivity contribution is -0.131. The van der Waals surface area contributed by atoms with Gasteiger partial charge in [0.25, 0.3) is 5.91 Å². The van der Waals surface area contributed by atoms with E-state index in [0.29, 0.717) is 27.4 Å². The van der Waals surface area contributed by atoms with Crippen molar-refractivity contribution in [2.45, 2.75) is 24.9 Å². The number of halogens is 1. The van der Waals surface area contributed by atoms with Crippen LogP contribution in [0.5, 0.6) is 0 Å². The molecule has 2 fully saturated rings. The molecule has 25 heavy (non-hydrogen) atoms. The van der Waals surface area contributed by atoms with E-state index in [4.69, 9.17) is 11.6 Å². The fourth-order valence-corrected chi connectivity index (χ4v) is 3.76. The molecule has 2 heterocycles. The highest BCUT2D eigenvalue weighted by Crippen LogP contribution is 2.47. The van der Waals surface area contributed by atoms with Gasteiger partial charge in [-0.25, -0.2) is 0 Å². The molecular formula is C18H15ClN4O2. The van der Waals surface area contributed by atoms with Gasteiger partial charge in [0.05, 0.1) is 23.7 Å². The Morgan fingerprint density at radius 2 is 2.20 bits per heavy atom. The third-order valence-corrected chi connectivity index (χ3v) is 5.13. The highest BCUT2D eigenvalue weighted by Gasteiger charge is 2.53. The first-order chi connectivity index (χ1) is 12.1. The van der Waals surface area contributed by atoms with E-state index in [1.54, 1.807) is 29.2 Å². The van der Waals surface area contributed by atoms with Gasteiger partial charge in [0.1, 0.15) is 6.04 Å². The minimum Gasteiger partial charge on any atom is -0.343 e. The quantitative estimate of drug-likeness (QED) is 0.914. The van der Waals surface area contributed by atoms with E-state index in [1.807, 2.05) is 0 Å². The van der Waals surface area contributed by atoms with E-state index < -0.39 is 0 Å². The highest BCUT2D eigenvalue weighted by molar-refractivity contribution is 6.31. The molecule has 1 saturated heterocycles. The van der Waals surface area contributed by atoms with E-state index in [1.165, 1.54) is 6.20 Å². The van der Waals surface area contributed by atoms with Crippen LogP contribution in [0, 0.1) is 17.2 Å². The summed E-state index contributed by atoms with van der Waals surface area (Å²) >= 11 is 5.95. The van der Waals surface area contributed by atoms with E-state index in [-0.39, 0.29) is 30.4 Å². The summed E-state index contributed by atoms with van der Waals surface area (Å²) < 4.78 is 0. The zero-order chi connectivity index (χ0) is 17.6. The molecule has 126 valence electrons. The number of likely N-dealkylation sites (tertiary alicyclic amines) is 1. The van der Waals surface area contributed by atoms with Gasteiger partial charge in [-0.15, -0.1) is 0 Å². The molecule has 0 radical (unpaired) electrons. The van der Waals surface area contributed by atoms with Gasteiger partial charge >= 0.3 is 0 Å². The Hall–Kier alpha value is -2.65. The summed E-state index contributed by atoms with van der Waals surface area (Å²) in [6, 6.07) is 8.73. The van der Waals surface area contributed by atoms with Crippen molar-refractivity contribution in [2.24, 2.45) is 5.92 Å². The molecule has 4 rings (SSSR count). The van der Waals surface area contributed by atoms with Gasteiger partial charge in [0.15, 0.2) is 0 Å². The smallest absolute Gasteiger partial charge is 0.252 e. The van der Waals surface area contributed by atoms with E-state index in [9.17, 15) is 14.9 Å². The Morgan fingerprint density at radius 3 is 3.00 bits per heavy atom. The molecule has 2 aromatic rings. The van der Waals surface area contributed by atoms with Crippen molar-refractivity contribution in [3.63, 3.8) is 0 Å². The normalized spacial score (nSPS) is 23.8. The number of hydrogen-bond acceptors (Lipinski definition) is 4. The fourth-order valence-electron chi connectivity index (χ4n) is 3.59. The molecular weight excluding hydrogens is 340 g/mol. The Morgan fingerprint density at radius 1 is 1.36 bits per heavy atom. The topological polar surface area (TPSA) is 86.1 Å². The predicted octanol–water partition coefficient (Wildman–Crippen LogP) is 2.13. The number of piperidine rings is 1. The number of carbonyl (C=O) groups is 2. The number of amides is 2. The van der Waals surface area contributed by atoms with Gasteiger partial charge in [-0.2, -0.15) is 5.26 Å². The van der Waals surface area contributed by atoms with Crippen molar-refractivity contribution in [1.82, 2.24) is 15.2 Å². The first-order valence-electron chi connectivity index (χ1n) is 8.11. The van der Waals surface area contributed by atoms with Gasteiger partial charge in [-0.3, -0.25) is 14.6 Å². The van der Waals surface area contributed by atoms with Crippen LogP contribution in [-0.4, -0.2) is 40.3 Å². The number of fused-ring (bicyclic) bond motifs is 2. The van der Waals surface area contributed by atoms with Crippen LogP contribution < -0.4 is 5.32 Å². The SMILES string of the molecule is N#C[C@@H]1C[C@@H]2C[C@@H]2N1C(=O)CNC(=O)c1ccnc2cc(Cl)ccc12. The summed E-state index contributed by atoms with van der Waals surface area (Å²) in [7, 11) is 0. The number of carbonyl (C=O) groups excluding carboxylic acids is 2. The van der Waals surface area contributed by atoms with Crippen LogP contribution in [0.1, 0.15) is 23.2 Å². The molecule has 1 aromatic heterocycles. The lowest BCUT2D eigenvalue weighted by Crippen LogP contribution is -2.44. The van der Waals surface area contributed by atoms with Crippen LogP contribution in [0.2, 0.25) is 5.02 Å². The molecule has 2 aliphatic rings. The monoisotopic (exact) mass is 354 g/mol. The minimum atomic E-state index is -0.364. The van der Waals surface area contributed by atoms with Gasteiger partial charge in [-0.05, 0) is 37.0 Å². The Balaban J connectivity index is 1.48. The van der Waals surface area contributed by atoms with E-state index in [2.05, 4.69) is 16.4 Å². The van der Waals surface area contributed by atoms with Crippen molar-refractivity contribution in [3.05, 3.63) is 41.0 Å². The number of pyridine rings is 1. The van der Waals surface area contributed by atoms with Crippen LogP contribution in [0.4, 0.5) is 0 Å².